The molecular weight excluding hydrogens is 406 g/mol. The van der Waals surface area contributed by atoms with Gasteiger partial charge in [0.2, 0.25) is 11.2 Å². The number of nitrogens with one attached hydrogen (secondary N) is 1. The molecule has 1 fully saturated rings. The Morgan fingerprint density at radius 1 is 1.10 bits per heavy atom. The first-order chi connectivity index (χ1) is 14.6. The number of hydrogen-bond donors (Lipinski definition) is 1. The number of carbonyl (C=O) groups excluding carboxylic acids is 1. The zero-order valence-electron chi connectivity index (χ0n) is 16.4. The van der Waals surface area contributed by atoms with Crippen molar-refractivity contribution in [1.29, 1.82) is 0 Å². The Balaban J connectivity index is 1.43. The first-order valence-electron chi connectivity index (χ1n) is 10.0. The Kier molecular flexibility index (Phi) is 6.23. The lowest BCUT2D eigenvalue weighted by molar-refractivity contribution is -0.124. The molecule has 0 radical (unpaired) electrons. The molecule has 4 rings (SSSR count). The number of carbonyl (C=O) groups is 1. The van der Waals surface area contributed by atoms with Crippen LogP contribution in [0, 0.1) is 0 Å². The molecule has 1 aliphatic carbocycles. The molecule has 7 heteroatoms. The van der Waals surface area contributed by atoms with E-state index < -0.39 is 0 Å². The van der Waals surface area contributed by atoms with Crippen LogP contribution in [0.1, 0.15) is 32.1 Å². The quantitative estimate of drug-likeness (QED) is 0.594. The molecule has 1 saturated carbocycles. The second-order valence-electron chi connectivity index (χ2n) is 7.31. The molecular formula is C23H22ClNO5. The van der Waals surface area contributed by atoms with E-state index in [-0.39, 0.29) is 29.7 Å². The molecule has 1 amide bonds. The third kappa shape index (κ3) is 4.76. The van der Waals surface area contributed by atoms with E-state index in [4.69, 9.17) is 25.5 Å². The molecule has 2 aromatic carbocycles. The van der Waals surface area contributed by atoms with Crippen LogP contribution in [0.2, 0.25) is 5.02 Å². The number of fused-ring (bicyclic) bond motifs is 1. The van der Waals surface area contributed by atoms with E-state index >= 15 is 0 Å². The molecule has 1 heterocycles. The average Bonchev–Trinajstić information content (AvgIpc) is 2.76. The highest BCUT2D eigenvalue weighted by Gasteiger charge is 2.16. The van der Waals surface area contributed by atoms with E-state index in [0.29, 0.717) is 27.5 Å². The van der Waals surface area contributed by atoms with Crippen molar-refractivity contribution in [2.75, 3.05) is 6.61 Å². The van der Waals surface area contributed by atoms with Crippen LogP contribution in [0.4, 0.5) is 0 Å². The van der Waals surface area contributed by atoms with Gasteiger partial charge in [0.1, 0.15) is 23.3 Å². The predicted molar refractivity (Wildman–Crippen MR) is 115 cm³/mol. The highest BCUT2D eigenvalue weighted by atomic mass is 35.5. The topological polar surface area (TPSA) is 77.8 Å². The van der Waals surface area contributed by atoms with Gasteiger partial charge in [-0.2, -0.15) is 0 Å². The SMILES string of the molecule is O=C(COc1ccc2c(=O)c(Oc3ccccc3Cl)coc2c1)NC1CCCCC1. The summed E-state index contributed by atoms with van der Waals surface area (Å²) in [5, 5.41) is 3.75. The molecule has 0 bridgehead atoms. The highest BCUT2D eigenvalue weighted by molar-refractivity contribution is 6.32. The van der Waals surface area contributed by atoms with Crippen molar-refractivity contribution in [2.45, 2.75) is 38.1 Å². The van der Waals surface area contributed by atoms with Crippen molar-refractivity contribution in [1.82, 2.24) is 5.32 Å². The molecule has 156 valence electrons. The lowest BCUT2D eigenvalue weighted by atomic mass is 9.95. The Hall–Kier alpha value is -2.99. The molecule has 1 N–H and O–H groups in total. The van der Waals surface area contributed by atoms with Crippen molar-refractivity contribution >= 4 is 28.5 Å². The molecule has 6 nitrogen and oxygen atoms in total. The summed E-state index contributed by atoms with van der Waals surface area (Å²) >= 11 is 6.08. The van der Waals surface area contributed by atoms with Crippen molar-refractivity contribution in [3.05, 3.63) is 64.0 Å². The van der Waals surface area contributed by atoms with Crippen LogP contribution in [0.15, 0.2) is 57.9 Å². The Labute approximate surface area is 178 Å². The number of para-hydroxylation sites is 1. The Morgan fingerprint density at radius 2 is 1.90 bits per heavy atom. The smallest absolute Gasteiger partial charge is 0.258 e. The van der Waals surface area contributed by atoms with Gasteiger partial charge in [0, 0.05) is 12.1 Å². The van der Waals surface area contributed by atoms with Gasteiger partial charge in [-0.05, 0) is 37.1 Å². The van der Waals surface area contributed by atoms with Gasteiger partial charge in [-0.25, -0.2) is 0 Å². The first-order valence-corrected chi connectivity index (χ1v) is 10.4. The summed E-state index contributed by atoms with van der Waals surface area (Å²) in [4.78, 5) is 24.8. The van der Waals surface area contributed by atoms with Crippen LogP contribution in [0.5, 0.6) is 17.2 Å². The molecule has 1 aromatic heterocycles. The fourth-order valence-electron chi connectivity index (χ4n) is 3.56. The first kappa shape index (κ1) is 20.3. The molecule has 3 aromatic rings. The highest BCUT2D eigenvalue weighted by Crippen LogP contribution is 2.29. The zero-order chi connectivity index (χ0) is 20.9. The van der Waals surface area contributed by atoms with Crippen LogP contribution in [-0.4, -0.2) is 18.6 Å². The summed E-state index contributed by atoms with van der Waals surface area (Å²) in [5.74, 6) is 0.710. The lowest BCUT2D eigenvalue weighted by Gasteiger charge is -2.22. The van der Waals surface area contributed by atoms with Crippen molar-refractivity contribution in [2.24, 2.45) is 0 Å². The van der Waals surface area contributed by atoms with Crippen molar-refractivity contribution in [3.8, 4) is 17.2 Å². The summed E-state index contributed by atoms with van der Waals surface area (Å²) in [7, 11) is 0. The second-order valence-corrected chi connectivity index (χ2v) is 7.72. The molecule has 0 spiro atoms. The molecule has 30 heavy (non-hydrogen) atoms. The molecule has 0 atom stereocenters. The minimum absolute atomic E-state index is 0.0381. The van der Waals surface area contributed by atoms with Gasteiger partial charge in [0.05, 0.1) is 10.4 Å². The molecule has 0 saturated heterocycles. The molecule has 1 aliphatic rings. The van der Waals surface area contributed by atoms with Gasteiger partial charge >= 0.3 is 0 Å². The van der Waals surface area contributed by atoms with E-state index in [1.165, 1.54) is 12.7 Å². The van der Waals surface area contributed by atoms with Crippen LogP contribution in [-0.2, 0) is 4.79 Å². The molecule has 0 aliphatic heterocycles. The van der Waals surface area contributed by atoms with Gasteiger partial charge in [0.25, 0.3) is 5.91 Å². The number of hydrogen-bond acceptors (Lipinski definition) is 5. The number of rotatable bonds is 6. The largest absolute Gasteiger partial charge is 0.484 e. The third-order valence-corrected chi connectivity index (χ3v) is 5.42. The van der Waals surface area contributed by atoms with E-state index in [9.17, 15) is 9.59 Å². The van der Waals surface area contributed by atoms with E-state index in [1.54, 1.807) is 42.5 Å². The van der Waals surface area contributed by atoms with Gasteiger partial charge in [-0.1, -0.05) is 43.0 Å². The average molecular weight is 428 g/mol. The Morgan fingerprint density at radius 3 is 2.70 bits per heavy atom. The van der Waals surface area contributed by atoms with Crippen LogP contribution < -0.4 is 20.2 Å². The predicted octanol–water partition coefficient (Wildman–Crippen LogP) is 5.07. The fourth-order valence-corrected chi connectivity index (χ4v) is 3.74. The van der Waals surface area contributed by atoms with Gasteiger partial charge in [-0.3, -0.25) is 9.59 Å². The van der Waals surface area contributed by atoms with E-state index in [2.05, 4.69) is 5.32 Å². The molecule has 0 unspecified atom stereocenters. The maximum Gasteiger partial charge on any atom is 0.258 e. The standard InChI is InChI=1S/C23H22ClNO5/c24-18-8-4-5-9-19(18)30-21-13-29-20-12-16(10-11-17(20)23(21)27)28-14-22(26)25-15-6-2-1-3-7-15/h4-5,8-13,15H,1-3,6-7,14H2,(H,25,26). The van der Waals surface area contributed by atoms with E-state index in [1.807, 2.05) is 0 Å². The van der Waals surface area contributed by atoms with Gasteiger partial charge in [-0.15, -0.1) is 0 Å². The summed E-state index contributed by atoms with van der Waals surface area (Å²) in [6, 6.07) is 11.9. The number of ether oxygens (including phenoxy) is 2. The minimum atomic E-state index is -0.322. The summed E-state index contributed by atoms with van der Waals surface area (Å²) in [6.07, 6.45) is 6.82. The number of benzene rings is 2. The summed E-state index contributed by atoms with van der Waals surface area (Å²) in [5.41, 5.74) is 0.0226. The van der Waals surface area contributed by atoms with Crippen molar-refractivity contribution in [3.63, 3.8) is 0 Å². The third-order valence-electron chi connectivity index (χ3n) is 5.11. The normalized spacial score (nSPS) is 14.4. The second kappa shape index (κ2) is 9.22. The zero-order valence-corrected chi connectivity index (χ0v) is 17.1. The van der Waals surface area contributed by atoms with Gasteiger partial charge in [0.15, 0.2) is 6.61 Å². The Bertz CT molecular complexity index is 1100. The lowest BCUT2D eigenvalue weighted by Crippen LogP contribution is -2.38. The fraction of sp³-hybridized carbons (Fsp3) is 0.304. The summed E-state index contributed by atoms with van der Waals surface area (Å²) in [6.45, 7) is -0.0834. The monoisotopic (exact) mass is 427 g/mol. The van der Waals surface area contributed by atoms with Crippen LogP contribution >= 0.6 is 11.6 Å². The number of halogens is 1. The maximum absolute atomic E-state index is 12.7. The minimum Gasteiger partial charge on any atom is -0.484 e. The van der Waals surface area contributed by atoms with Gasteiger partial charge < -0.3 is 19.2 Å². The maximum atomic E-state index is 12.7. The number of amides is 1. The van der Waals surface area contributed by atoms with Crippen LogP contribution in [0.3, 0.4) is 0 Å². The van der Waals surface area contributed by atoms with E-state index in [0.717, 1.165) is 25.7 Å². The summed E-state index contributed by atoms with van der Waals surface area (Å²) < 4.78 is 16.7. The van der Waals surface area contributed by atoms with Crippen molar-refractivity contribution < 1.29 is 18.7 Å². The van der Waals surface area contributed by atoms with Crippen LogP contribution in [0.25, 0.3) is 11.0 Å².